The topological polar surface area (TPSA) is 0 Å². The average Bonchev–Trinajstić information content (AvgIpc) is 2.76. The lowest BCUT2D eigenvalue weighted by Crippen LogP contribution is -2.26. The zero-order valence-corrected chi connectivity index (χ0v) is 17.3. The smallest absolute Gasteiger partial charge is 0.0399 e. The molecule has 0 N–H and O–H groups in total. The minimum atomic E-state index is -0.0675. The van der Waals surface area contributed by atoms with Crippen LogP contribution in [0.1, 0.15) is 41.2 Å². The molecule has 2 aromatic rings. The number of aryl methyl sites for hydroxylation is 2. The van der Waals surface area contributed by atoms with Gasteiger partial charge in [0, 0.05) is 14.7 Å². The molecule has 0 aliphatic heterocycles. The van der Waals surface area contributed by atoms with E-state index in [1.54, 1.807) is 0 Å². The number of benzene rings is 2. The molecule has 0 heterocycles. The summed E-state index contributed by atoms with van der Waals surface area (Å²) in [7, 11) is 0. The summed E-state index contributed by atoms with van der Waals surface area (Å²) in [6, 6.07) is 13.7. The molecule has 0 amide bonds. The van der Waals surface area contributed by atoms with Crippen LogP contribution in [0.5, 0.6) is 0 Å². The van der Waals surface area contributed by atoms with Gasteiger partial charge in [0.05, 0.1) is 0 Å². The predicted octanol–water partition coefficient (Wildman–Crippen LogP) is 6.86. The van der Waals surface area contributed by atoms with Crippen molar-refractivity contribution in [2.75, 3.05) is 0 Å². The highest BCUT2D eigenvalue weighted by molar-refractivity contribution is 9.10. The van der Waals surface area contributed by atoms with Crippen molar-refractivity contribution in [2.45, 2.75) is 37.4 Å². The highest BCUT2D eigenvalue weighted by atomic mass is 79.9. The average molecular weight is 444 g/mol. The highest BCUT2D eigenvalue weighted by Gasteiger charge is 2.43. The lowest BCUT2D eigenvalue weighted by atomic mass is 9.71. The number of fused-ring (bicyclic) bond motifs is 2. The van der Waals surface area contributed by atoms with Crippen LogP contribution in [0.2, 0.25) is 0 Å². The summed E-state index contributed by atoms with van der Waals surface area (Å²) in [5.41, 5.74) is 9.74. The van der Waals surface area contributed by atoms with E-state index in [4.69, 9.17) is 0 Å². The third-order valence-electron chi connectivity index (χ3n) is 5.41. The van der Waals surface area contributed by atoms with E-state index in [9.17, 15) is 0 Å². The van der Waals surface area contributed by atoms with Gasteiger partial charge in [-0.3, -0.25) is 0 Å². The molecular weight excluding hydrogens is 424 g/mol. The second-order valence-electron chi connectivity index (χ2n) is 7.16. The van der Waals surface area contributed by atoms with Gasteiger partial charge in [-0.15, -0.1) is 0 Å². The van der Waals surface area contributed by atoms with Gasteiger partial charge in [-0.1, -0.05) is 79.4 Å². The van der Waals surface area contributed by atoms with E-state index < -0.39 is 0 Å². The maximum atomic E-state index is 3.81. The Bertz CT molecular complexity index is 884. The summed E-state index contributed by atoms with van der Waals surface area (Å²) in [6.45, 7) is 6.79. The van der Waals surface area contributed by atoms with E-state index in [1.165, 1.54) is 39.0 Å². The van der Waals surface area contributed by atoms with Gasteiger partial charge in [-0.2, -0.15) is 0 Å². The first-order valence-corrected chi connectivity index (χ1v) is 10.1. The monoisotopic (exact) mass is 442 g/mol. The lowest BCUT2D eigenvalue weighted by Gasteiger charge is -2.33. The SMILES string of the molecule is Cc1cc(C)cc(C2(C)C3=C(C=CC(Br)C3)c3ccc(Br)cc32)c1. The number of alkyl halides is 1. The Labute approximate surface area is 160 Å². The van der Waals surface area contributed by atoms with Crippen molar-refractivity contribution in [1.29, 1.82) is 0 Å². The van der Waals surface area contributed by atoms with Gasteiger partial charge < -0.3 is 0 Å². The molecule has 0 bridgehead atoms. The van der Waals surface area contributed by atoms with Gasteiger partial charge in [0.1, 0.15) is 0 Å². The van der Waals surface area contributed by atoms with Crippen LogP contribution in [0.3, 0.4) is 0 Å². The lowest BCUT2D eigenvalue weighted by molar-refractivity contribution is 0.655. The van der Waals surface area contributed by atoms with Crippen LogP contribution in [-0.4, -0.2) is 4.83 Å². The zero-order valence-electron chi connectivity index (χ0n) is 14.2. The van der Waals surface area contributed by atoms with Crippen LogP contribution >= 0.6 is 31.9 Å². The molecule has 0 fully saturated rings. The Balaban J connectivity index is 2.03. The molecule has 0 radical (unpaired) electrons. The fourth-order valence-electron chi connectivity index (χ4n) is 4.32. The molecule has 2 atom stereocenters. The summed E-state index contributed by atoms with van der Waals surface area (Å²) in [6.07, 6.45) is 5.64. The third kappa shape index (κ3) is 2.38. The first-order chi connectivity index (χ1) is 11.4. The van der Waals surface area contributed by atoms with Crippen molar-refractivity contribution in [2.24, 2.45) is 0 Å². The van der Waals surface area contributed by atoms with Crippen LogP contribution in [-0.2, 0) is 5.41 Å². The normalized spacial score (nSPS) is 25.0. The summed E-state index contributed by atoms with van der Waals surface area (Å²) in [5.74, 6) is 0. The van der Waals surface area contributed by atoms with Crippen molar-refractivity contribution in [3.63, 3.8) is 0 Å². The van der Waals surface area contributed by atoms with E-state index in [-0.39, 0.29) is 5.41 Å². The quantitative estimate of drug-likeness (QED) is 0.422. The fraction of sp³-hybridized carbons (Fsp3) is 0.273. The summed E-state index contributed by atoms with van der Waals surface area (Å²) >= 11 is 7.49. The van der Waals surface area contributed by atoms with Crippen LogP contribution in [0.4, 0.5) is 0 Å². The number of rotatable bonds is 1. The molecule has 122 valence electrons. The van der Waals surface area contributed by atoms with Crippen LogP contribution in [0.15, 0.2) is 58.6 Å². The molecule has 2 heteroatoms. The van der Waals surface area contributed by atoms with E-state index in [0.717, 1.165) is 10.9 Å². The molecule has 2 unspecified atom stereocenters. The van der Waals surface area contributed by atoms with E-state index in [1.807, 2.05) is 0 Å². The van der Waals surface area contributed by atoms with E-state index >= 15 is 0 Å². The molecule has 0 nitrogen and oxygen atoms in total. The number of hydrogen-bond donors (Lipinski definition) is 0. The van der Waals surface area contributed by atoms with Crippen LogP contribution in [0, 0.1) is 13.8 Å². The van der Waals surface area contributed by atoms with Crippen LogP contribution < -0.4 is 0 Å². The minimum absolute atomic E-state index is 0.0675. The number of halogens is 2. The van der Waals surface area contributed by atoms with Gasteiger partial charge in [0.2, 0.25) is 0 Å². The number of allylic oxidation sites excluding steroid dienone is 4. The number of hydrogen-bond acceptors (Lipinski definition) is 0. The zero-order chi connectivity index (χ0) is 17.1. The molecule has 0 aromatic heterocycles. The van der Waals surface area contributed by atoms with E-state index in [0.29, 0.717) is 4.83 Å². The van der Waals surface area contributed by atoms with E-state index in [2.05, 4.69) is 101 Å². The Morgan fingerprint density at radius 3 is 2.46 bits per heavy atom. The van der Waals surface area contributed by atoms with Crippen molar-refractivity contribution < 1.29 is 0 Å². The molecule has 24 heavy (non-hydrogen) atoms. The fourth-order valence-corrected chi connectivity index (χ4v) is 5.16. The van der Waals surface area contributed by atoms with Gasteiger partial charge in [-0.25, -0.2) is 0 Å². The maximum absolute atomic E-state index is 3.81. The summed E-state index contributed by atoms with van der Waals surface area (Å²) in [4.78, 5) is 0.416. The third-order valence-corrected chi connectivity index (χ3v) is 6.53. The molecule has 0 saturated carbocycles. The standard InChI is InChI=1S/C22H20Br2/c1-13-8-14(2)10-15(9-13)22(3)20-11-16(23)4-6-18(20)19-7-5-17(24)12-21(19)22/h4-11,17H,12H2,1-3H3. The van der Waals surface area contributed by atoms with Gasteiger partial charge in [0.15, 0.2) is 0 Å². The molecule has 2 aliphatic rings. The van der Waals surface area contributed by atoms with Crippen molar-refractivity contribution >= 4 is 37.4 Å². The second kappa shape index (κ2) is 5.71. The highest BCUT2D eigenvalue weighted by Crippen LogP contribution is 2.54. The van der Waals surface area contributed by atoms with Crippen molar-refractivity contribution in [3.05, 3.63) is 86.4 Å². The Morgan fingerprint density at radius 1 is 1.04 bits per heavy atom. The minimum Gasteiger partial charge on any atom is -0.0842 e. The molecule has 4 rings (SSSR count). The molecule has 2 aromatic carbocycles. The molecule has 0 spiro atoms. The Kier molecular flexibility index (Phi) is 3.89. The van der Waals surface area contributed by atoms with Crippen molar-refractivity contribution in [3.8, 4) is 0 Å². The molecule has 0 saturated heterocycles. The first-order valence-electron chi connectivity index (χ1n) is 8.34. The molecular formula is C22H20Br2. The summed E-state index contributed by atoms with van der Waals surface area (Å²) < 4.78 is 1.15. The maximum Gasteiger partial charge on any atom is 0.0399 e. The van der Waals surface area contributed by atoms with Gasteiger partial charge in [0.25, 0.3) is 0 Å². The Morgan fingerprint density at radius 2 is 1.75 bits per heavy atom. The van der Waals surface area contributed by atoms with Crippen molar-refractivity contribution in [1.82, 2.24) is 0 Å². The largest absolute Gasteiger partial charge is 0.0842 e. The van der Waals surface area contributed by atoms with Gasteiger partial charge in [-0.05, 0) is 67.2 Å². The molecule has 2 aliphatic carbocycles. The first kappa shape index (κ1) is 16.4. The van der Waals surface area contributed by atoms with Crippen LogP contribution in [0.25, 0.3) is 5.57 Å². The predicted molar refractivity (Wildman–Crippen MR) is 110 cm³/mol. The second-order valence-corrected chi connectivity index (χ2v) is 9.25. The van der Waals surface area contributed by atoms with Gasteiger partial charge >= 0.3 is 0 Å². The summed E-state index contributed by atoms with van der Waals surface area (Å²) in [5, 5.41) is 0. The Hall–Kier alpha value is -1.12.